The van der Waals surface area contributed by atoms with Crippen molar-refractivity contribution in [3.8, 4) is 0 Å². The molecular formula is C34H34FN7O. The molecule has 1 unspecified atom stereocenters. The number of hydrogen-bond acceptors (Lipinski definition) is 6. The fourth-order valence-corrected chi connectivity index (χ4v) is 7.65. The topological polar surface area (TPSA) is 69.9 Å². The lowest BCUT2D eigenvalue weighted by Crippen LogP contribution is -2.57. The second kappa shape index (κ2) is 10.1. The summed E-state index contributed by atoms with van der Waals surface area (Å²) < 4.78 is 15.7. The maximum Gasteiger partial charge on any atom is 0.250 e. The van der Waals surface area contributed by atoms with Crippen LogP contribution in [0.15, 0.2) is 78.1 Å². The summed E-state index contributed by atoms with van der Waals surface area (Å²) in [7, 11) is 0. The highest BCUT2D eigenvalue weighted by Crippen LogP contribution is 2.45. The van der Waals surface area contributed by atoms with Gasteiger partial charge in [0.1, 0.15) is 17.1 Å². The summed E-state index contributed by atoms with van der Waals surface area (Å²) in [6.45, 7) is 5.28. The highest BCUT2D eigenvalue weighted by Gasteiger charge is 2.54. The van der Waals surface area contributed by atoms with E-state index in [0.29, 0.717) is 25.8 Å². The first kappa shape index (κ1) is 26.3. The second-order valence-corrected chi connectivity index (χ2v) is 12.3. The van der Waals surface area contributed by atoms with Crippen molar-refractivity contribution in [3.05, 3.63) is 95.7 Å². The summed E-state index contributed by atoms with van der Waals surface area (Å²) >= 11 is 0. The van der Waals surface area contributed by atoms with E-state index in [1.807, 2.05) is 28.2 Å². The van der Waals surface area contributed by atoms with Crippen molar-refractivity contribution in [2.24, 2.45) is 10.9 Å². The molecule has 2 atom stereocenters. The Bertz CT molecular complexity index is 1760. The number of likely N-dealkylation sites (tertiary alicyclic amines) is 1. The molecule has 4 aliphatic rings. The van der Waals surface area contributed by atoms with Gasteiger partial charge in [-0.15, -0.1) is 5.10 Å². The van der Waals surface area contributed by atoms with Gasteiger partial charge >= 0.3 is 0 Å². The van der Waals surface area contributed by atoms with Gasteiger partial charge in [0.25, 0.3) is 0 Å². The third-order valence-corrected chi connectivity index (χ3v) is 9.96. The van der Waals surface area contributed by atoms with Crippen LogP contribution in [-0.4, -0.2) is 68.8 Å². The second-order valence-electron chi connectivity index (χ2n) is 12.3. The number of carbonyl (C=O) groups excluding carboxylic acids is 1. The van der Waals surface area contributed by atoms with Crippen molar-refractivity contribution in [2.45, 2.75) is 44.3 Å². The molecule has 3 aliphatic heterocycles. The van der Waals surface area contributed by atoms with Gasteiger partial charge in [0.15, 0.2) is 0 Å². The number of piperidine rings is 1. The normalized spacial score (nSPS) is 22.8. The van der Waals surface area contributed by atoms with Crippen molar-refractivity contribution in [2.75, 3.05) is 31.2 Å². The number of anilines is 1. The fourth-order valence-electron chi connectivity index (χ4n) is 7.65. The van der Waals surface area contributed by atoms with Crippen LogP contribution in [0.4, 0.5) is 10.1 Å². The van der Waals surface area contributed by atoms with Crippen LogP contribution in [0.2, 0.25) is 0 Å². The van der Waals surface area contributed by atoms with E-state index in [4.69, 9.17) is 0 Å². The molecule has 1 amide bonds. The molecule has 0 N–H and O–H groups in total. The monoisotopic (exact) mass is 575 g/mol. The molecule has 1 aromatic heterocycles. The molecule has 1 spiro atoms. The van der Waals surface area contributed by atoms with Crippen LogP contribution in [0.3, 0.4) is 0 Å². The van der Waals surface area contributed by atoms with E-state index in [0.717, 1.165) is 49.3 Å². The Morgan fingerprint density at radius 1 is 1.00 bits per heavy atom. The third-order valence-electron chi connectivity index (χ3n) is 9.96. The summed E-state index contributed by atoms with van der Waals surface area (Å²) in [5.41, 5.74) is 4.92. The number of rotatable bonds is 6. The predicted molar refractivity (Wildman–Crippen MR) is 165 cm³/mol. The molecule has 3 aromatic carbocycles. The van der Waals surface area contributed by atoms with Gasteiger partial charge in [0.2, 0.25) is 5.91 Å². The Balaban J connectivity index is 1.02. The minimum absolute atomic E-state index is 0.147. The quantitative estimate of drug-likeness (QED) is 0.321. The van der Waals surface area contributed by atoms with Gasteiger partial charge in [-0.05, 0) is 65.4 Å². The van der Waals surface area contributed by atoms with Gasteiger partial charge in [-0.2, -0.15) is 0 Å². The summed E-state index contributed by atoms with van der Waals surface area (Å²) in [6, 6.07) is 20.1. The van der Waals surface area contributed by atoms with E-state index in [2.05, 4.69) is 68.4 Å². The van der Waals surface area contributed by atoms with Crippen molar-refractivity contribution < 1.29 is 9.18 Å². The molecule has 0 bridgehead atoms. The Morgan fingerprint density at radius 2 is 1.79 bits per heavy atom. The smallest absolute Gasteiger partial charge is 0.250 e. The average molecular weight is 576 g/mol. The average Bonchev–Trinajstić information content (AvgIpc) is 3.81. The van der Waals surface area contributed by atoms with E-state index < -0.39 is 5.54 Å². The molecule has 9 heteroatoms. The molecule has 8 rings (SSSR count). The highest BCUT2D eigenvalue weighted by atomic mass is 19.1. The van der Waals surface area contributed by atoms with Gasteiger partial charge < -0.3 is 9.80 Å². The Morgan fingerprint density at radius 3 is 2.56 bits per heavy atom. The minimum Gasteiger partial charge on any atom is -0.339 e. The number of nitrogens with zero attached hydrogens (tertiary/aromatic N) is 7. The number of aliphatic imine (C=N–C) groups is 1. The maximum absolute atomic E-state index is 14.3. The predicted octanol–water partition coefficient (Wildman–Crippen LogP) is 5.07. The molecule has 8 nitrogen and oxygen atoms in total. The van der Waals surface area contributed by atoms with Crippen molar-refractivity contribution in [1.29, 1.82) is 0 Å². The first-order chi connectivity index (χ1) is 21.0. The van der Waals surface area contributed by atoms with Crippen molar-refractivity contribution in [1.82, 2.24) is 24.8 Å². The molecular weight excluding hydrogens is 541 g/mol. The van der Waals surface area contributed by atoms with Crippen molar-refractivity contribution >= 4 is 34.2 Å². The van der Waals surface area contributed by atoms with Crippen LogP contribution < -0.4 is 4.90 Å². The van der Waals surface area contributed by atoms with Crippen LogP contribution in [0.25, 0.3) is 16.3 Å². The summed E-state index contributed by atoms with van der Waals surface area (Å²) in [4.78, 5) is 25.3. The molecule has 0 saturated carbocycles. The maximum atomic E-state index is 14.3. The zero-order chi connectivity index (χ0) is 29.1. The van der Waals surface area contributed by atoms with E-state index in [-0.39, 0.29) is 17.6 Å². The Labute approximate surface area is 250 Å². The van der Waals surface area contributed by atoms with E-state index in [1.165, 1.54) is 34.0 Å². The molecule has 43 heavy (non-hydrogen) atoms. The third kappa shape index (κ3) is 4.28. The van der Waals surface area contributed by atoms with Gasteiger partial charge in [-0.3, -0.25) is 19.4 Å². The summed E-state index contributed by atoms with van der Waals surface area (Å²) in [6.07, 6.45) is 8.13. The number of aromatic nitrogens is 3. The molecule has 4 aromatic rings. The van der Waals surface area contributed by atoms with Crippen LogP contribution in [0.5, 0.6) is 0 Å². The molecule has 2 fully saturated rings. The van der Waals surface area contributed by atoms with E-state index in [1.54, 1.807) is 12.1 Å². The number of amides is 1. The van der Waals surface area contributed by atoms with Crippen LogP contribution >= 0.6 is 0 Å². The molecule has 2 saturated heterocycles. The largest absolute Gasteiger partial charge is 0.339 e. The van der Waals surface area contributed by atoms with Crippen LogP contribution in [-0.2, 0) is 17.8 Å². The van der Waals surface area contributed by atoms with Crippen molar-refractivity contribution in [3.63, 3.8) is 0 Å². The number of halogens is 1. The number of allylic oxidation sites excluding steroid dienone is 1. The van der Waals surface area contributed by atoms with Gasteiger partial charge in [-0.25, -0.2) is 4.39 Å². The fraction of sp³-hybridized carbons (Fsp3) is 0.353. The minimum atomic E-state index is -0.652. The summed E-state index contributed by atoms with van der Waals surface area (Å²) in [5.74, 6) is 0.0878. The van der Waals surface area contributed by atoms with Gasteiger partial charge in [0.05, 0.1) is 19.4 Å². The van der Waals surface area contributed by atoms with E-state index in [9.17, 15) is 9.18 Å². The zero-order valence-electron chi connectivity index (χ0n) is 24.2. The van der Waals surface area contributed by atoms with Gasteiger partial charge in [-0.1, -0.05) is 48.5 Å². The highest BCUT2D eigenvalue weighted by molar-refractivity contribution is 5.94. The lowest BCUT2D eigenvalue weighted by molar-refractivity contribution is -0.134. The standard InChI is InChI=1S/C34H34FN7O/c1-23-19-36-20-29(23)30-21-41(38-37-30)17-16-40-22-42(27-10-8-26(35)9-11-27)34(33(40)43)12-14-39(15-13-34)31-18-25-6-2-4-24-5-3-7-28(31)32(24)25/h2-11,19-21,23,31H,12-18,22H2,1H3/t23?,31-/m0/s1. The first-order valence-corrected chi connectivity index (χ1v) is 15.2. The molecule has 218 valence electrons. The number of hydrogen-bond donors (Lipinski definition) is 0. The van der Waals surface area contributed by atoms with Crippen LogP contribution in [0.1, 0.15) is 42.6 Å². The van der Waals surface area contributed by atoms with Gasteiger partial charge in [0, 0.05) is 55.3 Å². The van der Waals surface area contributed by atoms with Crippen LogP contribution in [0, 0.1) is 11.7 Å². The SMILES string of the molecule is CC1C=NC=C1c1cn(CCN2CN(c3ccc(F)cc3)C3(CCN([C@H]4Cc5cccc6cccc4c56)CC3)C2=O)nn1. The zero-order valence-corrected chi connectivity index (χ0v) is 24.2. The molecule has 1 aliphatic carbocycles. The molecule has 0 radical (unpaired) electrons. The number of carbonyl (C=O) groups is 1. The lowest BCUT2D eigenvalue weighted by atomic mass is 9.84. The Hall–Kier alpha value is -4.37. The summed E-state index contributed by atoms with van der Waals surface area (Å²) in [5, 5.41) is 11.4. The van der Waals surface area contributed by atoms with E-state index >= 15 is 0 Å². The lowest BCUT2D eigenvalue weighted by Gasteiger charge is -2.45. The molecule has 4 heterocycles. The first-order valence-electron chi connectivity index (χ1n) is 15.2. The Kier molecular flexibility index (Phi) is 6.18. The number of benzene rings is 3.